The van der Waals surface area contributed by atoms with Gasteiger partial charge in [-0.25, -0.2) is 0 Å². The number of aliphatic imine (C=N–C) groups is 2. The van der Waals surface area contributed by atoms with Gasteiger partial charge in [-0.1, -0.05) is 38.2 Å². The molecule has 0 aliphatic rings. The average molecular weight is 180 g/mol. The predicted octanol–water partition coefficient (Wildman–Crippen LogP) is 2.92. The topological polar surface area (TPSA) is 24.7 Å². The van der Waals surface area contributed by atoms with Gasteiger partial charge >= 0.3 is 0 Å². The highest BCUT2D eigenvalue weighted by molar-refractivity contribution is 5.53. The SMILES string of the molecule is C=NC/C=C\C=C/CN=CC.CC. The molecule has 0 saturated heterocycles. The Kier molecular flexibility index (Phi) is 18.8. The molecule has 0 saturated carbocycles. The van der Waals surface area contributed by atoms with Crippen LogP contribution in [0.5, 0.6) is 0 Å². The number of rotatable bonds is 5. The lowest BCUT2D eigenvalue weighted by Gasteiger charge is -1.79. The summed E-state index contributed by atoms with van der Waals surface area (Å²) in [6.45, 7) is 10.7. The van der Waals surface area contributed by atoms with E-state index >= 15 is 0 Å². The van der Waals surface area contributed by atoms with Crippen LogP contribution in [-0.2, 0) is 0 Å². The Morgan fingerprint density at radius 1 is 1.08 bits per heavy atom. The minimum Gasteiger partial charge on any atom is -0.297 e. The van der Waals surface area contributed by atoms with E-state index in [-0.39, 0.29) is 0 Å². The van der Waals surface area contributed by atoms with Gasteiger partial charge in [0.1, 0.15) is 0 Å². The van der Waals surface area contributed by atoms with Crippen LogP contribution in [0.15, 0.2) is 34.3 Å². The van der Waals surface area contributed by atoms with Gasteiger partial charge < -0.3 is 0 Å². The van der Waals surface area contributed by atoms with E-state index in [9.17, 15) is 0 Å². The Morgan fingerprint density at radius 2 is 1.62 bits per heavy atom. The van der Waals surface area contributed by atoms with Crippen LogP contribution in [0.4, 0.5) is 0 Å². The van der Waals surface area contributed by atoms with Crippen molar-refractivity contribution in [1.29, 1.82) is 0 Å². The van der Waals surface area contributed by atoms with Crippen LogP contribution in [0, 0.1) is 0 Å². The maximum Gasteiger partial charge on any atom is 0.0569 e. The normalized spacial score (nSPS) is 10.7. The molecule has 0 aliphatic carbocycles. The lowest BCUT2D eigenvalue weighted by atomic mass is 10.4. The molecule has 0 aromatic carbocycles. The molecule has 0 radical (unpaired) electrons. The van der Waals surface area contributed by atoms with Crippen molar-refractivity contribution >= 4 is 12.9 Å². The molecule has 0 aromatic rings. The Hall–Kier alpha value is -1.18. The molecule has 0 aromatic heterocycles. The summed E-state index contributed by atoms with van der Waals surface area (Å²) in [5.41, 5.74) is 0. The molecule has 13 heavy (non-hydrogen) atoms. The van der Waals surface area contributed by atoms with Crippen molar-refractivity contribution in [3.63, 3.8) is 0 Å². The van der Waals surface area contributed by atoms with Gasteiger partial charge in [0.15, 0.2) is 0 Å². The Labute approximate surface area is 81.8 Å². The van der Waals surface area contributed by atoms with E-state index in [1.807, 2.05) is 45.1 Å². The van der Waals surface area contributed by atoms with Crippen molar-refractivity contribution in [3.8, 4) is 0 Å². The van der Waals surface area contributed by atoms with E-state index in [4.69, 9.17) is 0 Å². The van der Waals surface area contributed by atoms with Crippen LogP contribution >= 0.6 is 0 Å². The van der Waals surface area contributed by atoms with Gasteiger partial charge in [0.2, 0.25) is 0 Å². The summed E-state index contributed by atoms with van der Waals surface area (Å²) in [6.07, 6.45) is 9.62. The fraction of sp³-hybridized carbons (Fsp3) is 0.455. The standard InChI is InChI=1S/C9H14N2.C2H6/c1-3-11-9-7-5-4-6-8-10-2;1-2/h3-7H,2,8-9H2,1H3;1-2H3/b6-4-,7-5-,11-3?;. The molecule has 0 fully saturated rings. The first-order chi connectivity index (χ1) is 6.41. The molecule has 0 heterocycles. The van der Waals surface area contributed by atoms with Gasteiger partial charge in [0, 0.05) is 0 Å². The third-order valence-electron chi connectivity index (χ3n) is 1.01. The number of hydrogen-bond acceptors (Lipinski definition) is 2. The van der Waals surface area contributed by atoms with Gasteiger partial charge in [-0.05, 0) is 19.9 Å². The van der Waals surface area contributed by atoms with E-state index < -0.39 is 0 Å². The van der Waals surface area contributed by atoms with E-state index in [0.29, 0.717) is 6.54 Å². The molecule has 0 rings (SSSR count). The van der Waals surface area contributed by atoms with Crippen LogP contribution in [0.25, 0.3) is 0 Å². The second-order valence-corrected chi connectivity index (χ2v) is 1.89. The Morgan fingerprint density at radius 3 is 2.08 bits per heavy atom. The fourth-order valence-corrected chi connectivity index (χ4v) is 0.520. The van der Waals surface area contributed by atoms with Crippen molar-refractivity contribution in [2.45, 2.75) is 20.8 Å². The molecule has 2 heteroatoms. The van der Waals surface area contributed by atoms with Crippen LogP contribution in [0.2, 0.25) is 0 Å². The first-order valence-electron chi connectivity index (χ1n) is 4.60. The van der Waals surface area contributed by atoms with Gasteiger partial charge in [-0.15, -0.1) is 0 Å². The van der Waals surface area contributed by atoms with E-state index in [0.717, 1.165) is 6.54 Å². The Bertz CT molecular complexity index is 167. The molecule has 0 unspecified atom stereocenters. The molecular weight excluding hydrogens is 160 g/mol. The van der Waals surface area contributed by atoms with Crippen LogP contribution < -0.4 is 0 Å². The smallest absolute Gasteiger partial charge is 0.0569 e. The molecule has 2 nitrogen and oxygen atoms in total. The summed E-state index contributed by atoms with van der Waals surface area (Å²) in [5, 5.41) is 0. The minimum absolute atomic E-state index is 0.682. The van der Waals surface area contributed by atoms with Crippen LogP contribution in [0.3, 0.4) is 0 Å². The maximum atomic E-state index is 4.01. The Balaban J connectivity index is 0. The summed E-state index contributed by atoms with van der Waals surface area (Å²) in [4.78, 5) is 7.68. The number of allylic oxidation sites excluding steroid dienone is 2. The third-order valence-corrected chi connectivity index (χ3v) is 1.01. The molecule has 0 aliphatic heterocycles. The molecule has 0 amide bonds. The van der Waals surface area contributed by atoms with Crippen LogP contribution in [0.1, 0.15) is 20.8 Å². The highest BCUT2D eigenvalue weighted by atomic mass is 14.7. The maximum absolute atomic E-state index is 4.01. The first kappa shape index (κ1) is 14.3. The summed E-state index contributed by atoms with van der Waals surface area (Å²) < 4.78 is 0. The van der Waals surface area contributed by atoms with E-state index in [2.05, 4.69) is 16.7 Å². The fourth-order valence-electron chi connectivity index (χ4n) is 0.520. The molecule has 0 atom stereocenters. The van der Waals surface area contributed by atoms with Gasteiger partial charge in [-0.2, -0.15) is 0 Å². The lowest BCUT2D eigenvalue weighted by Crippen LogP contribution is -1.70. The molecule has 0 spiro atoms. The number of nitrogens with zero attached hydrogens (tertiary/aromatic N) is 2. The third kappa shape index (κ3) is 18.1. The highest BCUT2D eigenvalue weighted by Gasteiger charge is 1.67. The molecular formula is C11H20N2. The summed E-state index contributed by atoms with van der Waals surface area (Å²) >= 11 is 0. The quantitative estimate of drug-likeness (QED) is 0.459. The zero-order valence-corrected chi connectivity index (χ0v) is 8.90. The summed E-state index contributed by atoms with van der Waals surface area (Å²) in [6, 6.07) is 0. The van der Waals surface area contributed by atoms with Crippen molar-refractivity contribution in [3.05, 3.63) is 24.3 Å². The van der Waals surface area contributed by atoms with E-state index in [1.165, 1.54) is 0 Å². The lowest BCUT2D eigenvalue weighted by molar-refractivity contribution is 1.25. The predicted molar refractivity (Wildman–Crippen MR) is 63.1 cm³/mol. The molecule has 74 valence electrons. The second-order valence-electron chi connectivity index (χ2n) is 1.89. The minimum atomic E-state index is 0.682. The van der Waals surface area contributed by atoms with Crippen molar-refractivity contribution in [2.75, 3.05) is 13.1 Å². The van der Waals surface area contributed by atoms with Gasteiger partial charge in [-0.3, -0.25) is 9.98 Å². The summed E-state index contributed by atoms with van der Waals surface area (Å²) in [7, 11) is 0. The van der Waals surface area contributed by atoms with Gasteiger partial charge in [0.25, 0.3) is 0 Å². The zero-order valence-electron chi connectivity index (χ0n) is 8.90. The highest BCUT2D eigenvalue weighted by Crippen LogP contribution is 1.79. The number of hydrogen-bond donors (Lipinski definition) is 0. The van der Waals surface area contributed by atoms with Crippen molar-refractivity contribution in [1.82, 2.24) is 0 Å². The first-order valence-corrected chi connectivity index (χ1v) is 4.60. The molecule has 0 bridgehead atoms. The van der Waals surface area contributed by atoms with Crippen LogP contribution in [-0.4, -0.2) is 26.0 Å². The largest absolute Gasteiger partial charge is 0.297 e. The molecule has 0 N–H and O–H groups in total. The van der Waals surface area contributed by atoms with Crippen molar-refractivity contribution < 1.29 is 0 Å². The van der Waals surface area contributed by atoms with E-state index in [1.54, 1.807) is 6.21 Å². The van der Waals surface area contributed by atoms with Crippen molar-refractivity contribution in [2.24, 2.45) is 9.98 Å². The zero-order chi connectivity index (χ0) is 10.4. The summed E-state index contributed by atoms with van der Waals surface area (Å²) in [5.74, 6) is 0. The second kappa shape index (κ2) is 17.1. The average Bonchev–Trinajstić information content (AvgIpc) is 2.20. The van der Waals surface area contributed by atoms with Gasteiger partial charge in [0.05, 0.1) is 13.1 Å². The monoisotopic (exact) mass is 180 g/mol.